The van der Waals surface area contributed by atoms with Gasteiger partial charge in [0, 0.05) is 37.4 Å². The lowest BCUT2D eigenvalue weighted by Gasteiger charge is -2.26. The van der Waals surface area contributed by atoms with Gasteiger partial charge in [0.1, 0.15) is 4.90 Å². The Morgan fingerprint density at radius 3 is 2.15 bits per heavy atom. The summed E-state index contributed by atoms with van der Waals surface area (Å²) in [4.78, 5) is 3.96. The SMILES string of the molecule is CN(C)c1ccc([C@@H](CNS(=O)(=O)c2cc(Cl)ccc2Cl)N(C)C)cc1. The molecule has 2 aromatic rings. The van der Waals surface area contributed by atoms with Crippen LogP contribution < -0.4 is 9.62 Å². The lowest BCUT2D eigenvalue weighted by atomic mass is 10.1. The van der Waals surface area contributed by atoms with Gasteiger partial charge in [-0.15, -0.1) is 0 Å². The Morgan fingerprint density at radius 2 is 1.62 bits per heavy atom. The van der Waals surface area contributed by atoms with E-state index in [0.29, 0.717) is 5.02 Å². The van der Waals surface area contributed by atoms with Crippen LogP contribution in [0, 0.1) is 0 Å². The first-order chi connectivity index (χ1) is 12.1. The summed E-state index contributed by atoms with van der Waals surface area (Å²) in [7, 11) is 3.99. The normalized spacial score (nSPS) is 13.0. The number of hydrogen-bond acceptors (Lipinski definition) is 4. The van der Waals surface area contributed by atoms with E-state index in [1.54, 1.807) is 6.07 Å². The van der Waals surface area contributed by atoms with E-state index < -0.39 is 10.0 Å². The molecule has 0 fully saturated rings. The van der Waals surface area contributed by atoms with Crippen LogP contribution in [0.25, 0.3) is 0 Å². The molecule has 0 saturated heterocycles. The number of rotatable bonds is 7. The van der Waals surface area contributed by atoms with E-state index in [1.807, 2.05) is 62.3 Å². The zero-order valence-electron chi connectivity index (χ0n) is 15.2. The van der Waals surface area contributed by atoms with Crippen molar-refractivity contribution in [2.75, 3.05) is 39.6 Å². The molecular weight excluding hydrogens is 393 g/mol. The molecule has 0 heterocycles. The molecule has 0 aliphatic rings. The fraction of sp³-hybridized carbons (Fsp3) is 0.333. The molecule has 0 amide bonds. The first-order valence-corrected chi connectivity index (χ1v) is 10.2. The fourth-order valence-electron chi connectivity index (χ4n) is 2.54. The second-order valence-corrected chi connectivity index (χ2v) is 8.97. The van der Waals surface area contributed by atoms with Gasteiger partial charge in [-0.2, -0.15) is 0 Å². The molecule has 5 nitrogen and oxygen atoms in total. The van der Waals surface area contributed by atoms with Gasteiger partial charge in [-0.05, 0) is 50.0 Å². The van der Waals surface area contributed by atoms with Crippen molar-refractivity contribution in [1.82, 2.24) is 9.62 Å². The fourth-order valence-corrected chi connectivity index (χ4v) is 4.34. The average Bonchev–Trinajstić information content (AvgIpc) is 2.57. The summed E-state index contributed by atoms with van der Waals surface area (Å²) in [5.41, 5.74) is 2.10. The first-order valence-electron chi connectivity index (χ1n) is 8.00. The Kier molecular flexibility index (Phi) is 6.93. The molecule has 2 aromatic carbocycles. The van der Waals surface area contributed by atoms with Crippen molar-refractivity contribution in [2.45, 2.75) is 10.9 Å². The minimum absolute atomic E-state index is 0.0212. The second kappa shape index (κ2) is 8.59. The molecule has 0 saturated carbocycles. The zero-order chi connectivity index (χ0) is 19.5. The molecule has 1 N–H and O–H groups in total. The number of nitrogens with zero attached hydrogens (tertiary/aromatic N) is 2. The Bertz CT molecular complexity index is 853. The van der Waals surface area contributed by atoms with Crippen molar-refractivity contribution in [3.8, 4) is 0 Å². The number of nitrogens with one attached hydrogen (secondary N) is 1. The molecule has 2 rings (SSSR count). The molecule has 142 valence electrons. The van der Waals surface area contributed by atoms with E-state index in [2.05, 4.69) is 4.72 Å². The lowest BCUT2D eigenvalue weighted by Crippen LogP contribution is -2.34. The van der Waals surface area contributed by atoms with E-state index in [-0.39, 0.29) is 22.5 Å². The molecule has 0 aromatic heterocycles. The van der Waals surface area contributed by atoms with Crippen LogP contribution in [0.4, 0.5) is 5.69 Å². The average molecular weight is 416 g/mol. The van der Waals surface area contributed by atoms with Gasteiger partial charge in [-0.3, -0.25) is 0 Å². The van der Waals surface area contributed by atoms with E-state index in [4.69, 9.17) is 23.2 Å². The molecule has 0 radical (unpaired) electrons. The van der Waals surface area contributed by atoms with Crippen LogP contribution in [0.15, 0.2) is 47.4 Å². The monoisotopic (exact) mass is 415 g/mol. The molecule has 26 heavy (non-hydrogen) atoms. The van der Waals surface area contributed by atoms with Gasteiger partial charge in [-0.1, -0.05) is 35.3 Å². The highest BCUT2D eigenvalue weighted by atomic mass is 35.5. The molecule has 0 unspecified atom stereocenters. The van der Waals surface area contributed by atoms with Gasteiger partial charge in [0.15, 0.2) is 0 Å². The topological polar surface area (TPSA) is 52.7 Å². The van der Waals surface area contributed by atoms with Gasteiger partial charge in [0.05, 0.1) is 5.02 Å². The Labute approximate surface area is 165 Å². The summed E-state index contributed by atoms with van der Waals surface area (Å²) in [6.45, 7) is 0.208. The van der Waals surface area contributed by atoms with Crippen LogP contribution in [0.2, 0.25) is 10.0 Å². The Morgan fingerprint density at radius 1 is 1.00 bits per heavy atom. The number of halogens is 2. The van der Waals surface area contributed by atoms with Gasteiger partial charge in [-0.25, -0.2) is 13.1 Å². The summed E-state index contributed by atoms with van der Waals surface area (Å²) < 4.78 is 27.9. The van der Waals surface area contributed by atoms with Gasteiger partial charge in [0.25, 0.3) is 0 Å². The highest BCUT2D eigenvalue weighted by molar-refractivity contribution is 7.89. The maximum atomic E-state index is 12.6. The molecule has 8 heteroatoms. The second-order valence-electron chi connectivity index (χ2n) is 6.39. The van der Waals surface area contributed by atoms with E-state index in [0.717, 1.165) is 11.3 Å². The molecule has 0 aliphatic carbocycles. The molecule has 1 atom stereocenters. The van der Waals surface area contributed by atoms with Crippen molar-refractivity contribution in [1.29, 1.82) is 0 Å². The largest absolute Gasteiger partial charge is 0.378 e. The zero-order valence-corrected chi connectivity index (χ0v) is 17.5. The van der Waals surface area contributed by atoms with E-state index in [1.165, 1.54) is 12.1 Å². The summed E-state index contributed by atoms with van der Waals surface area (Å²) in [6, 6.07) is 12.3. The minimum Gasteiger partial charge on any atom is -0.378 e. The van der Waals surface area contributed by atoms with E-state index >= 15 is 0 Å². The predicted molar refractivity (Wildman–Crippen MR) is 109 cm³/mol. The van der Waals surface area contributed by atoms with Crippen LogP contribution in [0.3, 0.4) is 0 Å². The predicted octanol–water partition coefficient (Wildman–Crippen LogP) is 3.64. The van der Waals surface area contributed by atoms with Gasteiger partial charge >= 0.3 is 0 Å². The maximum Gasteiger partial charge on any atom is 0.242 e. The summed E-state index contributed by atoms with van der Waals surface area (Å²) in [6.07, 6.45) is 0. The van der Waals surface area contributed by atoms with Crippen LogP contribution in [0.5, 0.6) is 0 Å². The standard InChI is InChI=1S/C18H23Cl2N3O2S/c1-22(2)15-8-5-13(6-9-15)17(23(3)4)12-21-26(24,25)18-11-14(19)7-10-16(18)20/h5-11,17,21H,12H2,1-4H3/t17-/m1/s1. The molecule has 0 bridgehead atoms. The molecule has 0 aliphatic heterocycles. The van der Waals surface area contributed by atoms with Crippen LogP contribution in [0.1, 0.15) is 11.6 Å². The third kappa shape index (κ3) is 5.11. The van der Waals surface area contributed by atoms with Crippen LogP contribution >= 0.6 is 23.2 Å². The van der Waals surface area contributed by atoms with Crippen molar-refractivity contribution >= 4 is 38.9 Å². The smallest absolute Gasteiger partial charge is 0.242 e. The number of sulfonamides is 1. The molecule has 0 spiro atoms. The Hall–Kier alpha value is -1.31. The quantitative estimate of drug-likeness (QED) is 0.749. The highest BCUT2D eigenvalue weighted by Crippen LogP contribution is 2.26. The molecular formula is C18H23Cl2N3O2S. The van der Waals surface area contributed by atoms with Crippen molar-refractivity contribution < 1.29 is 8.42 Å². The first kappa shape index (κ1) is 21.0. The van der Waals surface area contributed by atoms with Crippen molar-refractivity contribution in [2.24, 2.45) is 0 Å². The van der Waals surface area contributed by atoms with Crippen LogP contribution in [-0.4, -0.2) is 48.1 Å². The number of likely N-dealkylation sites (N-methyl/N-ethyl adjacent to an activating group) is 1. The third-order valence-electron chi connectivity index (χ3n) is 4.07. The van der Waals surface area contributed by atoms with E-state index in [9.17, 15) is 8.42 Å². The summed E-state index contributed by atoms with van der Waals surface area (Å²) in [5.74, 6) is 0. The summed E-state index contributed by atoms with van der Waals surface area (Å²) in [5, 5.41) is 0.455. The lowest BCUT2D eigenvalue weighted by molar-refractivity contribution is 0.299. The van der Waals surface area contributed by atoms with Crippen LogP contribution in [-0.2, 0) is 10.0 Å². The number of anilines is 1. The van der Waals surface area contributed by atoms with Gasteiger partial charge < -0.3 is 9.80 Å². The third-order valence-corrected chi connectivity index (χ3v) is 6.21. The highest BCUT2D eigenvalue weighted by Gasteiger charge is 2.22. The number of benzene rings is 2. The summed E-state index contributed by atoms with van der Waals surface area (Å²) >= 11 is 11.9. The minimum atomic E-state index is -3.77. The maximum absolute atomic E-state index is 12.6. The van der Waals surface area contributed by atoms with Gasteiger partial charge in [0.2, 0.25) is 10.0 Å². The van der Waals surface area contributed by atoms with Crippen molar-refractivity contribution in [3.05, 3.63) is 58.1 Å². The Balaban J connectivity index is 2.21. The van der Waals surface area contributed by atoms with Crippen molar-refractivity contribution in [3.63, 3.8) is 0 Å². The number of hydrogen-bond donors (Lipinski definition) is 1.